The molecule has 0 spiro atoms. The highest BCUT2D eigenvalue weighted by atomic mass is 16.2. The minimum atomic E-state index is -1.11. The van der Waals surface area contributed by atoms with Crippen LogP contribution in [0.15, 0.2) is 69.8 Å². The van der Waals surface area contributed by atoms with Gasteiger partial charge in [-0.25, -0.2) is 4.79 Å². The second-order valence-electron chi connectivity index (χ2n) is 8.55. The first-order valence-corrected chi connectivity index (χ1v) is 10.9. The van der Waals surface area contributed by atoms with Crippen LogP contribution in [0, 0.1) is 17.8 Å². The molecule has 4 amide bonds. The summed E-state index contributed by atoms with van der Waals surface area (Å²) < 4.78 is 0. The summed E-state index contributed by atoms with van der Waals surface area (Å²) in [7, 11) is 0. The van der Waals surface area contributed by atoms with E-state index in [0.29, 0.717) is 23.2 Å². The predicted octanol–water partition coefficient (Wildman–Crippen LogP) is 4.69. The van der Waals surface area contributed by atoms with Gasteiger partial charge in [-0.15, -0.1) is 0 Å². The summed E-state index contributed by atoms with van der Waals surface area (Å²) in [5.41, 5.74) is 1.99. The van der Waals surface area contributed by atoms with Crippen molar-refractivity contribution in [2.75, 3.05) is 0 Å². The molecule has 8 nitrogen and oxygen atoms in total. The SMILES string of the molecule is O=C1NC(=O)N([C@H]2C[C@H]3CC[C@H]2C3)C(=O)[C@@H]1C=Nc1ccc(N=Nc2ccccc2)cc1. The molecule has 2 bridgehead atoms. The highest BCUT2D eigenvalue weighted by Gasteiger charge is 2.50. The van der Waals surface area contributed by atoms with Crippen molar-refractivity contribution in [1.82, 2.24) is 10.2 Å². The van der Waals surface area contributed by atoms with Crippen molar-refractivity contribution in [3.05, 3.63) is 54.6 Å². The van der Waals surface area contributed by atoms with Crippen LogP contribution in [-0.2, 0) is 9.59 Å². The first-order valence-electron chi connectivity index (χ1n) is 10.9. The average Bonchev–Trinajstić information content (AvgIpc) is 3.43. The summed E-state index contributed by atoms with van der Waals surface area (Å²) in [5, 5.41) is 10.7. The molecular formula is C24H23N5O3. The van der Waals surface area contributed by atoms with Gasteiger partial charge in [0.2, 0.25) is 11.8 Å². The Bertz CT molecular complexity index is 1100. The standard InChI is InChI=1S/C24H23N5O3/c30-22-20(23(31)29(24(32)26-22)21-13-15-6-7-16(21)12-15)14-25-17-8-10-19(11-9-17)28-27-18-4-2-1-3-5-18/h1-5,8-11,14-16,20-21H,6-7,12-13H2,(H,26,30,32)/t15-,16-,20+,21-/m0/s1. The zero-order chi connectivity index (χ0) is 22.1. The van der Waals surface area contributed by atoms with Gasteiger partial charge in [0.1, 0.15) is 0 Å². The number of urea groups is 1. The molecule has 2 aromatic carbocycles. The smallest absolute Gasteiger partial charge is 0.277 e. The molecule has 4 atom stereocenters. The number of carbonyl (C=O) groups excluding carboxylic acids is 3. The van der Waals surface area contributed by atoms with Crippen molar-refractivity contribution in [3.63, 3.8) is 0 Å². The van der Waals surface area contributed by atoms with Crippen LogP contribution < -0.4 is 5.32 Å². The molecule has 0 unspecified atom stereocenters. The van der Waals surface area contributed by atoms with Gasteiger partial charge in [-0.1, -0.05) is 24.6 Å². The molecular weight excluding hydrogens is 406 g/mol. The molecule has 5 rings (SSSR count). The molecule has 3 aliphatic rings. The quantitative estimate of drug-likeness (QED) is 0.424. The monoisotopic (exact) mass is 429 g/mol. The second-order valence-corrected chi connectivity index (χ2v) is 8.55. The fourth-order valence-corrected chi connectivity index (χ4v) is 4.95. The average molecular weight is 429 g/mol. The van der Waals surface area contributed by atoms with E-state index >= 15 is 0 Å². The lowest BCUT2D eigenvalue weighted by atomic mass is 9.92. The number of benzene rings is 2. The third-order valence-electron chi connectivity index (χ3n) is 6.53. The van der Waals surface area contributed by atoms with Gasteiger partial charge in [-0.2, -0.15) is 10.2 Å². The van der Waals surface area contributed by atoms with E-state index in [9.17, 15) is 14.4 Å². The van der Waals surface area contributed by atoms with Crippen LogP contribution in [0.25, 0.3) is 0 Å². The summed E-state index contributed by atoms with van der Waals surface area (Å²) in [6.45, 7) is 0. The van der Waals surface area contributed by atoms with E-state index in [2.05, 4.69) is 20.5 Å². The molecule has 1 aliphatic heterocycles. The predicted molar refractivity (Wildman–Crippen MR) is 118 cm³/mol. The number of amides is 4. The first kappa shape index (κ1) is 20.2. The lowest BCUT2D eigenvalue weighted by Gasteiger charge is -2.36. The normalized spacial score (nSPS) is 27.6. The summed E-state index contributed by atoms with van der Waals surface area (Å²) in [5.74, 6) is -1.29. The number of aliphatic imine (C=N–C) groups is 1. The fourth-order valence-electron chi connectivity index (χ4n) is 4.95. The molecule has 32 heavy (non-hydrogen) atoms. The molecule has 3 fully saturated rings. The number of nitrogens with zero attached hydrogens (tertiary/aromatic N) is 4. The van der Waals surface area contributed by atoms with Crippen molar-refractivity contribution >= 4 is 41.1 Å². The highest BCUT2D eigenvalue weighted by molar-refractivity contribution is 6.23. The maximum Gasteiger partial charge on any atom is 0.331 e. The second kappa shape index (κ2) is 8.45. The fraction of sp³-hybridized carbons (Fsp3) is 0.333. The third kappa shape index (κ3) is 3.95. The van der Waals surface area contributed by atoms with Crippen molar-refractivity contribution in [2.24, 2.45) is 33.0 Å². The molecule has 1 N–H and O–H groups in total. The Morgan fingerprint density at radius 3 is 2.19 bits per heavy atom. The summed E-state index contributed by atoms with van der Waals surface area (Å²) in [4.78, 5) is 43.4. The highest BCUT2D eigenvalue weighted by Crippen LogP contribution is 2.47. The number of fused-ring (bicyclic) bond motifs is 2. The lowest BCUT2D eigenvalue weighted by Crippen LogP contribution is -2.62. The zero-order valence-electron chi connectivity index (χ0n) is 17.4. The number of hydrogen-bond donors (Lipinski definition) is 1. The van der Waals surface area contributed by atoms with Gasteiger partial charge in [0.15, 0.2) is 5.92 Å². The Balaban J connectivity index is 1.27. The number of azo groups is 1. The molecule has 2 aromatic rings. The van der Waals surface area contributed by atoms with Crippen molar-refractivity contribution in [3.8, 4) is 0 Å². The van der Waals surface area contributed by atoms with Crippen LogP contribution in [0.3, 0.4) is 0 Å². The molecule has 0 radical (unpaired) electrons. The molecule has 162 valence electrons. The topological polar surface area (TPSA) is 104 Å². The van der Waals surface area contributed by atoms with E-state index in [0.717, 1.165) is 31.4 Å². The van der Waals surface area contributed by atoms with E-state index in [1.54, 1.807) is 24.3 Å². The van der Waals surface area contributed by atoms with Crippen LogP contribution in [0.4, 0.5) is 21.9 Å². The van der Waals surface area contributed by atoms with Crippen molar-refractivity contribution in [1.29, 1.82) is 0 Å². The minimum absolute atomic E-state index is 0.112. The molecule has 2 saturated carbocycles. The molecule has 0 aromatic heterocycles. The van der Waals surface area contributed by atoms with Crippen LogP contribution in [0.2, 0.25) is 0 Å². The minimum Gasteiger partial charge on any atom is -0.277 e. The van der Waals surface area contributed by atoms with Gasteiger partial charge in [0, 0.05) is 12.3 Å². The molecule has 1 saturated heterocycles. The van der Waals surface area contributed by atoms with Crippen LogP contribution >= 0.6 is 0 Å². The maximum atomic E-state index is 13.0. The van der Waals surface area contributed by atoms with Gasteiger partial charge in [0.25, 0.3) is 0 Å². The van der Waals surface area contributed by atoms with Crippen LogP contribution in [0.5, 0.6) is 0 Å². The van der Waals surface area contributed by atoms with Crippen LogP contribution in [-0.4, -0.2) is 35.0 Å². The van der Waals surface area contributed by atoms with E-state index in [1.807, 2.05) is 30.3 Å². The number of hydrogen-bond acceptors (Lipinski definition) is 6. The Morgan fingerprint density at radius 2 is 1.53 bits per heavy atom. The Hall–Kier alpha value is -3.68. The molecule has 2 aliphatic carbocycles. The molecule has 8 heteroatoms. The van der Waals surface area contributed by atoms with Gasteiger partial charge >= 0.3 is 6.03 Å². The number of imide groups is 2. The Kier molecular flexibility index (Phi) is 5.34. The summed E-state index contributed by atoms with van der Waals surface area (Å²) >= 11 is 0. The number of barbiturate groups is 1. The van der Waals surface area contributed by atoms with E-state index in [4.69, 9.17) is 0 Å². The summed E-state index contributed by atoms with van der Waals surface area (Å²) in [6, 6.07) is 15.7. The van der Waals surface area contributed by atoms with Gasteiger partial charge in [-0.05, 0) is 67.5 Å². The van der Waals surface area contributed by atoms with E-state index in [-0.39, 0.29) is 6.04 Å². The zero-order valence-corrected chi connectivity index (χ0v) is 17.4. The van der Waals surface area contributed by atoms with Gasteiger partial charge < -0.3 is 0 Å². The Labute approximate surface area is 185 Å². The lowest BCUT2D eigenvalue weighted by molar-refractivity contribution is -0.141. The van der Waals surface area contributed by atoms with Crippen molar-refractivity contribution < 1.29 is 14.4 Å². The third-order valence-corrected chi connectivity index (χ3v) is 6.53. The largest absolute Gasteiger partial charge is 0.331 e. The molecule has 1 heterocycles. The summed E-state index contributed by atoms with van der Waals surface area (Å²) in [6.07, 6.45) is 5.41. The number of rotatable bonds is 5. The van der Waals surface area contributed by atoms with E-state index in [1.165, 1.54) is 11.1 Å². The maximum absolute atomic E-state index is 13.0. The van der Waals surface area contributed by atoms with Crippen molar-refractivity contribution in [2.45, 2.75) is 31.7 Å². The van der Waals surface area contributed by atoms with Gasteiger partial charge in [-0.3, -0.25) is 24.8 Å². The van der Waals surface area contributed by atoms with E-state index < -0.39 is 23.8 Å². The van der Waals surface area contributed by atoms with Crippen LogP contribution in [0.1, 0.15) is 25.7 Å². The number of carbonyl (C=O) groups is 3. The Morgan fingerprint density at radius 1 is 0.844 bits per heavy atom. The van der Waals surface area contributed by atoms with Gasteiger partial charge in [0.05, 0.1) is 17.1 Å². The number of nitrogens with one attached hydrogen (secondary N) is 1. The first-order chi connectivity index (χ1) is 15.6.